The van der Waals surface area contributed by atoms with Gasteiger partial charge in [0.1, 0.15) is 12.4 Å². The van der Waals surface area contributed by atoms with Gasteiger partial charge in [-0.2, -0.15) is 18.3 Å². The molecule has 2 N–H and O–H groups in total. The van der Waals surface area contributed by atoms with Crippen molar-refractivity contribution in [2.24, 2.45) is 5.10 Å². The van der Waals surface area contributed by atoms with Gasteiger partial charge < -0.3 is 10.1 Å². The highest BCUT2D eigenvalue weighted by molar-refractivity contribution is 14.1. The number of aromatic nitrogens is 1. The number of alkyl halides is 3. The van der Waals surface area contributed by atoms with E-state index >= 15 is 0 Å². The number of thiazole rings is 1. The molecule has 0 radical (unpaired) electrons. The highest BCUT2D eigenvalue weighted by atomic mass is 127. The smallest absolute Gasteiger partial charge is 0.416 e. The average molecular weight is 797 g/mol. The van der Waals surface area contributed by atoms with Crippen LogP contribution in [0.4, 0.5) is 24.0 Å². The van der Waals surface area contributed by atoms with Gasteiger partial charge in [-0.15, -0.1) is 11.3 Å². The summed E-state index contributed by atoms with van der Waals surface area (Å²) in [6.07, 6.45) is -2.94. The summed E-state index contributed by atoms with van der Waals surface area (Å²) >= 11 is 11.5. The highest BCUT2D eigenvalue weighted by Gasteiger charge is 2.30. The van der Waals surface area contributed by atoms with Gasteiger partial charge in [0, 0.05) is 16.1 Å². The van der Waals surface area contributed by atoms with Crippen molar-refractivity contribution in [3.8, 4) is 5.75 Å². The maximum Gasteiger partial charge on any atom is 0.416 e. The Morgan fingerprint density at radius 1 is 1.10 bits per heavy atom. The van der Waals surface area contributed by atoms with Crippen molar-refractivity contribution in [1.82, 2.24) is 10.4 Å². The lowest BCUT2D eigenvalue weighted by Crippen LogP contribution is -2.20. The van der Waals surface area contributed by atoms with Crippen molar-refractivity contribution >= 4 is 91.1 Å². The van der Waals surface area contributed by atoms with Gasteiger partial charge in [0.25, 0.3) is 0 Å². The van der Waals surface area contributed by atoms with Crippen LogP contribution < -0.4 is 15.5 Å². The zero-order chi connectivity index (χ0) is 28.0. The Kier molecular flexibility index (Phi) is 10.1. The fourth-order valence-corrected chi connectivity index (χ4v) is 6.24. The molecular formula is C26H18ClF3I2N4O2S. The number of nitrogens with one attached hydrogen (secondary N) is 2. The van der Waals surface area contributed by atoms with Crippen LogP contribution in [-0.4, -0.2) is 17.1 Å². The van der Waals surface area contributed by atoms with Gasteiger partial charge in [-0.3, -0.25) is 4.79 Å². The van der Waals surface area contributed by atoms with Crippen LogP contribution in [0.3, 0.4) is 0 Å². The molecule has 0 saturated carbocycles. The number of benzene rings is 3. The van der Waals surface area contributed by atoms with Gasteiger partial charge in [-0.25, -0.2) is 10.4 Å². The summed E-state index contributed by atoms with van der Waals surface area (Å²) in [4.78, 5) is 16.6. The molecule has 1 amide bonds. The Bertz CT molecular complexity index is 1470. The minimum atomic E-state index is -4.44. The monoisotopic (exact) mass is 796 g/mol. The van der Waals surface area contributed by atoms with Gasteiger partial charge in [-0.1, -0.05) is 29.8 Å². The maximum atomic E-state index is 12.9. The quantitative estimate of drug-likeness (QED) is 0.102. The van der Waals surface area contributed by atoms with E-state index in [0.29, 0.717) is 22.5 Å². The molecule has 0 unspecified atom stereocenters. The number of hydrazone groups is 1. The maximum absolute atomic E-state index is 12.9. The second kappa shape index (κ2) is 13.3. The van der Waals surface area contributed by atoms with Gasteiger partial charge in [0.2, 0.25) is 5.91 Å². The molecule has 0 atom stereocenters. The van der Waals surface area contributed by atoms with E-state index in [4.69, 9.17) is 16.3 Å². The van der Waals surface area contributed by atoms with E-state index in [-0.39, 0.29) is 18.0 Å². The molecular weight excluding hydrogens is 779 g/mol. The van der Waals surface area contributed by atoms with Gasteiger partial charge >= 0.3 is 6.18 Å². The third kappa shape index (κ3) is 8.78. The van der Waals surface area contributed by atoms with Crippen molar-refractivity contribution in [1.29, 1.82) is 0 Å². The molecule has 6 nitrogen and oxygen atoms in total. The minimum absolute atomic E-state index is 0.0370. The largest absolute Gasteiger partial charge is 0.487 e. The summed E-state index contributed by atoms with van der Waals surface area (Å²) in [6, 6.07) is 16.1. The second-order valence-electron chi connectivity index (χ2n) is 8.05. The number of halogens is 6. The molecule has 0 spiro atoms. The van der Waals surface area contributed by atoms with E-state index < -0.39 is 11.7 Å². The van der Waals surface area contributed by atoms with Crippen molar-refractivity contribution in [2.75, 3.05) is 5.32 Å². The molecule has 0 saturated heterocycles. The van der Waals surface area contributed by atoms with Crippen molar-refractivity contribution in [2.45, 2.75) is 19.2 Å². The lowest BCUT2D eigenvalue weighted by molar-refractivity contribution is -0.137. The summed E-state index contributed by atoms with van der Waals surface area (Å²) in [5, 5.41) is 9.57. The third-order valence-corrected chi connectivity index (χ3v) is 7.72. The van der Waals surface area contributed by atoms with Crippen LogP contribution in [0, 0.1) is 7.14 Å². The fourth-order valence-electron chi connectivity index (χ4n) is 3.25. The number of hydrogen-bond donors (Lipinski definition) is 2. The first-order valence-corrected chi connectivity index (χ1v) is 14.6. The normalized spacial score (nSPS) is 11.5. The Balaban J connectivity index is 1.29. The van der Waals surface area contributed by atoms with Crippen molar-refractivity contribution in [3.05, 3.63) is 101 Å². The predicted octanol–water partition coefficient (Wildman–Crippen LogP) is 8.04. The molecule has 39 heavy (non-hydrogen) atoms. The molecule has 1 aromatic heterocycles. The zero-order valence-electron chi connectivity index (χ0n) is 19.7. The van der Waals surface area contributed by atoms with Crippen molar-refractivity contribution in [3.63, 3.8) is 0 Å². The predicted molar refractivity (Wildman–Crippen MR) is 164 cm³/mol. The second-order valence-corrected chi connectivity index (χ2v) is 11.7. The molecule has 3 aromatic carbocycles. The van der Waals surface area contributed by atoms with Crippen LogP contribution in [0.5, 0.6) is 5.75 Å². The van der Waals surface area contributed by atoms with E-state index in [1.165, 1.54) is 29.7 Å². The molecule has 0 bridgehead atoms. The Labute approximate surface area is 258 Å². The van der Waals surface area contributed by atoms with Crippen LogP contribution >= 0.6 is 68.1 Å². The van der Waals surface area contributed by atoms with Gasteiger partial charge in [0.05, 0.1) is 31.0 Å². The van der Waals surface area contributed by atoms with E-state index in [0.717, 1.165) is 36.1 Å². The third-order valence-electron chi connectivity index (χ3n) is 5.05. The van der Waals surface area contributed by atoms with E-state index in [1.54, 1.807) is 5.38 Å². The first kappa shape index (κ1) is 29.6. The number of carbonyl (C=O) groups is 1. The van der Waals surface area contributed by atoms with Crippen LogP contribution in [0.2, 0.25) is 5.02 Å². The molecule has 13 heteroatoms. The molecule has 4 aromatic rings. The number of rotatable bonds is 9. The SMILES string of the molecule is O=C(Cc1csc(Nc2cccc(C(F)(F)F)c2)n1)N/N=C\c1cc(I)c(OCc2ccc(Cl)cc2)c(I)c1. The minimum Gasteiger partial charge on any atom is -0.487 e. The van der Waals surface area contributed by atoms with Crippen LogP contribution in [-0.2, 0) is 24.0 Å². The summed E-state index contributed by atoms with van der Waals surface area (Å²) in [5.41, 5.74) is 4.21. The van der Waals surface area contributed by atoms with E-state index in [2.05, 4.69) is 66.0 Å². The first-order valence-electron chi connectivity index (χ1n) is 11.1. The molecule has 4 rings (SSSR count). The van der Waals surface area contributed by atoms with Gasteiger partial charge in [-0.05, 0) is 98.8 Å². The zero-order valence-corrected chi connectivity index (χ0v) is 25.6. The number of nitrogens with zero attached hydrogens (tertiary/aromatic N) is 2. The van der Waals surface area contributed by atoms with Crippen LogP contribution in [0.15, 0.2) is 71.1 Å². The molecule has 0 fully saturated rings. The summed E-state index contributed by atoms with van der Waals surface area (Å²) in [6.45, 7) is 0.403. The molecule has 0 aliphatic heterocycles. The Morgan fingerprint density at radius 3 is 2.51 bits per heavy atom. The number of amides is 1. The van der Waals surface area contributed by atoms with Crippen LogP contribution in [0.25, 0.3) is 0 Å². The summed E-state index contributed by atoms with van der Waals surface area (Å²) < 4.78 is 46.5. The number of hydrogen-bond acceptors (Lipinski definition) is 6. The van der Waals surface area contributed by atoms with Crippen molar-refractivity contribution < 1.29 is 22.7 Å². The molecule has 0 aliphatic carbocycles. The molecule has 202 valence electrons. The first-order chi connectivity index (χ1) is 18.6. The summed E-state index contributed by atoms with van der Waals surface area (Å²) in [5.74, 6) is 0.375. The lowest BCUT2D eigenvalue weighted by atomic mass is 10.2. The van der Waals surface area contributed by atoms with Crippen LogP contribution in [0.1, 0.15) is 22.4 Å². The topological polar surface area (TPSA) is 75.6 Å². The molecule has 0 aliphatic rings. The van der Waals surface area contributed by atoms with E-state index in [1.807, 2.05) is 36.4 Å². The average Bonchev–Trinajstić information content (AvgIpc) is 3.30. The summed E-state index contributed by atoms with van der Waals surface area (Å²) in [7, 11) is 0. The Hall–Kier alpha value is -2.43. The Morgan fingerprint density at radius 2 is 1.82 bits per heavy atom. The van der Waals surface area contributed by atoms with Gasteiger partial charge in [0.15, 0.2) is 5.13 Å². The highest BCUT2D eigenvalue weighted by Crippen LogP contribution is 2.32. The molecule has 1 heterocycles. The number of anilines is 2. The lowest BCUT2D eigenvalue weighted by Gasteiger charge is -2.11. The van der Waals surface area contributed by atoms with E-state index in [9.17, 15) is 18.0 Å². The standard InChI is InChI=1S/C26H18ClF3I2N4O2S/c27-18-6-4-15(5-7-18)13-38-24-21(31)8-16(9-22(24)32)12-33-36-23(37)11-20-14-39-25(35-20)34-19-3-1-2-17(10-19)26(28,29)30/h1-10,12,14H,11,13H2,(H,34,35)(H,36,37)/b33-12-. The number of ether oxygens (including phenoxy) is 1. The fraction of sp³-hybridized carbons (Fsp3) is 0.115. The number of carbonyl (C=O) groups excluding carboxylic acids is 1.